The number of nitrogens with zero attached hydrogens (tertiary/aromatic N) is 4. The minimum Gasteiger partial charge on any atom is -0.477 e. The molecule has 34 heavy (non-hydrogen) atoms. The van der Waals surface area contributed by atoms with Crippen LogP contribution in [0, 0.1) is 0 Å². The summed E-state index contributed by atoms with van der Waals surface area (Å²) in [6.07, 6.45) is 1.05. The van der Waals surface area contributed by atoms with E-state index in [0.29, 0.717) is 0 Å². The zero-order chi connectivity index (χ0) is 25.0. The molecular formula is C17H20N6O8S3. The number of hydrogen-bond acceptors (Lipinski definition) is 13. The zero-order valence-corrected chi connectivity index (χ0v) is 20.3. The number of carboxylic acid groups (broad SMARTS) is 1. The number of thiazole rings is 1. The molecular weight excluding hydrogens is 512 g/mol. The molecule has 0 aliphatic carbocycles. The van der Waals surface area contributed by atoms with Crippen LogP contribution in [0.2, 0.25) is 0 Å². The van der Waals surface area contributed by atoms with Gasteiger partial charge >= 0.3 is 5.97 Å². The Morgan fingerprint density at radius 1 is 1.41 bits per heavy atom. The van der Waals surface area contributed by atoms with Crippen molar-refractivity contribution in [1.82, 2.24) is 15.2 Å². The van der Waals surface area contributed by atoms with Gasteiger partial charge in [-0.3, -0.25) is 14.5 Å². The number of β-lactam (4-membered cyclic amide) rings is 1. The second-order valence-corrected chi connectivity index (χ2v) is 10.9. The highest BCUT2D eigenvalue weighted by Crippen LogP contribution is 2.40. The molecule has 17 heteroatoms. The van der Waals surface area contributed by atoms with E-state index >= 15 is 0 Å². The Morgan fingerprint density at radius 3 is 2.74 bits per heavy atom. The Labute approximate surface area is 201 Å². The van der Waals surface area contributed by atoms with Gasteiger partial charge in [0.25, 0.3) is 11.8 Å². The maximum Gasteiger partial charge on any atom is 0.352 e. The van der Waals surface area contributed by atoms with E-state index in [4.69, 9.17) is 10.6 Å². The molecule has 2 atom stereocenters. The van der Waals surface area contributed by atoms with Crippen molar-refractivity contribution in [2.75, 3.05) is 37.2 Å². The lowest BCUT2D eigenvalue weighted by Crippen LogP contribution is -2.71. The first-order valence-corrected chi connectivity index (χ1v) is 13.1. The number of hydrogen-bond donors (Lipinski definition) is 3. The maximum absolute atomic E-state index is 12.8. The summed E-state index contributed by atoms with van der Waals surface area (Å²) in [4.78, 5) is 51.5. The molecule has 0 saturated carbocycles. The number of aliphatic carboxylic acids is 1. The Bertz CT molecular complexity index is 1190. The Kier molecular flexibility index (Phi) is 7.78. The predicted molar refractivity (Wildman–Crippen MR) is 124 cm³/mol. The van der Waals surface area contributed by atoms with Gasteiger partial charge in [-0.1, -0.05) is 10.3 Å². The monoisotopic (exact) mass is 532 g/mol. The largest absolute Gasteiger partial charge is 0.477 e. The van der Waals surface area contributed by atoms with Gasteiger partial charge in [0.05, 0.1) is 17.7 Å². The smallest absolute Gasteiger partial charge is 0.352 e. The second kappa shape index (κ2) is 10.4. The molecule has 0 radical (unpaired) electrons. The predicted octanol–water partition coefficient (Wildman–Crippen LogP) is -1.14. The van der Waals surface area contributed by atoms with Gasteiger partial charge in [0.15, 0.2) is 20.7 Å². The molecule has 1 aromatic heterocycles. The minimum absolute atomic E-state index is 0.0325. The fraction of sp³-hybridized carbons (Fsp3) is 0.412. The second-order valence-electron chi connectivity index (χ2n) is 6.84. The van der Waals surface area contributed by atoms with Gasteiger partial charge in [-0.15, -0.1) is 23.1 Å². The van der Waals surface area contributed by atoms with Gasteiger partial charge in [-0.05, 0) is 5.57 Å². The van der Waals surface area contributed by atoms with Gasteiger partial charge in [0.2, 0.25) is 0 Å². The number of nitrogens with two attached hydrogens (primary N) is 1. The highest BCUT2D eigenvalue weighted by atomic mass is 32.2. The Morgan fingerprint density at radius 2 is 2.15 bits per heavy atom. The number of carbonyl (C=O) groups excluding carboxylic acids is 2. The third-order valence-corrected chi connectivity index (χ3v) is 8.06. The summed E-state index contributed by atoms with van der Waals surface area (Å²) >= 11 is 2.21. The topological polar surface area (TPSA) is 203 Å². The van der Waals surface area contributed by atoms with Crippen molar-refractivity contribution < 1.29 is 37.6 Å². The van der Waals surface area contributed by atoms with Gasteiger partial charge < -0.3 is 25.8 Å². The normalized spacial score (nSPS) is 20.7. The van der Waals surface area contributed by atoms with Gasteiger partial charge in [0, 0.05) is 11.1 Å². The molecule has 4 N–H and O–H groups in total. The third kappa shape index (κ3) is 5.31. The van der Waals surface area contributed by atoms with Crippen LogP contribution in [0.1, 0.15) is 5.69 Å². The summed E-state index contributed by atoms with van der Waals surface area (Å²) in [5, 5.41) is 20.2. The van der Waals surface area contributed by atoms with E-state index in [-0.39, 0.29) is 27.9 Å². The zero-order valence-electron chi connectivity index (χ0n) is 17.8. The first-order valence-electron chi connectivity index (χ1n) is 9.38. The number of aromatic nitrogens is 1. The molecule has 2 aliphatic heterocycles. The van der Waals surface area contributed by atoms with Gasteiger partial charge in [-0.25, -0.2) is 18.2 Å². The fourth-order valence-corrected chi connectivity index (χ4v) is 6.44. The number of carbonyl (C=O) groups is 3. The summed E-state index contributed by atoms with van der Waals surface area (Å²) in [6.45, 7) is 0. The molecule has 0 aromatic carbocycles. The first kappa shape index (κ1) is 25.4. The van der Waals surface area contributed by atoms with Crippen LogP contribution in [0.5, 0.6) is 0 Å². The van der Waals surface area contributed by atoms with Crippen LogP contribution in [0.25, 0.3) is 0 Å². The van der Waals surface area contributed by atoms with E-state index in [1.165, 1.54) is 19.6 Å². The summed E-state index contributed by atoms with van der Waals surface area (Å²) in [5.41, 5.74) is 5.19. The number of oxime groups is 2. The number of carboxylic acids is 1. The van der Waals surface area contributed by atoms with E-state index in [9.17, 15) is 27.9 Å². The number of sulfone groups is 1. The molecule has 1 unspecified atom stereocenters. The van der Waals surface area contributed by atoms with Crippen molar-refractivity contribution in [1.29, 1.82) is 0 Å². The SMILES string of the molecule is CON=CCS(=O)(=O)CC1=C(C(=O)O)N2C(=O)C(NC(=O)/C(=N\OC)c3csc(N)n3)[C@H]2SC1. The number of nitrogens with one attached hydrogen (secondary N) is 1. The summed E-state index contributed by atoms with van der Waals surface area (Å²) in [7, 11) is -1.26. The van der Waals surface area contributed by atoms with Crippen LogP contribution < -0.4 is 11.1 Å². The minimum atomic E-state index is -3.75. The van der Waals surface area contributed by atoms with E-state index in [2.05, 4.69) is 25.4 Å². The van der Waals surface area contributed by atoms with Crippen molar-refractivity contribution in [2.45, 2.75) is 11.4 Å². The van der Waals surface area contributed by atoms with Crippen molar-refractivity contribution in [3.05, 3.63) is 22.3 Å². The number of thioether (sulfide) groups is 1. The lowest BCUT2D eigenvalue weighted by Gasteiger charge is -2.49. The summed E-state index contributed by atoms with van der Waals surface area (Å²) in [5.74, 6) is -3.91. The van der Waals surface area contributed by atoms with Crippen molar-refractivity contribution >= 4 is 67.8 Å². The average Bonchev–Trinajstić information content (AvgIpc) is 3.20. The van der Waals surface area contributed by atoms with Crippen LogP contribution >= 0.6 is 23.1 Å². The molecule has 0 spiro atoms. The molecule has 0 bridgehead atoms. The standard InChI is InChI=1S/C17H20N6O8S3/c1-30-19-3-4-34(28,29)7-8-5-32-15-11(14(25)23(15)12(8)16(26)27)21-13(24)10(22-31-2)9-6-33-17(18)20-9/h3,6,11,15H,4-5,7H2,1-2H3,(H2,18,20)(H,21,24)(H,26,27)/b19-3?,22-10-/t11?,15-/m1/s1. The van der Waals surface area contributed by atoms with Gasteiger partial charge in [-0.2, -0.15) is 0 Å². The molecule has 1 fully saturated rings. The summed E-state index contributed by atoms with van der Waals surface area (Å²) in [6, 6.07) is -1.06. The molecule has 1 aromatic rings. The van der Waals surface area contributed by atoms with Crippen LogP contribution in [-0.2, 0) is 33.9 Å². The molecule has 2 amide bonds. The van der Waals surface area contributed by atoms with Crippen LogP contribution in [0.15, 0.2) is 27.0 Å². The van der Waals surface area contributed by atoms with Crippen molar-refractivity contribution in [3.8, 4) is 0 Å². The van der Waals surface area contributed by atoms with Crippen molar-refractivity contribution in [3.63, 3.8) is 0 Å². The number of amides is 2. The highest BCUT2D eigenvalue weighted by Gasteiger charge is 2.54. The fourth-order valence-electron chi connectivity index (χ4n) is 3.24. The number of nitrogen functional groups attached to an aromatic ring is 1. The lowest BCUT2D eigenvalue weighted by molar-refractivity contribution is -0.150. The Hall–Kier alpha value is -3.18. The van der Waals surface area contributed by atoms with E-state index in [1.54, 1.807) is 0 Å². The molecule has 3 heterocycles. The number of fused-ring (bicyclic) bond motifs is 1. The maximum atomic E-state index is 12.8. The lowest BCUT2D eigenvalue weighted by atomic mass is 10.0. The molecule has 184 valence electrons. The quantitative estimate of drug-likeness (QED) is 0.187. The highest BCUT2D eigenvalue weighted by molar-refractivity contribution is 8.00. The summed E-state index contributed by atoms with van der Waals surface area (Å²) < 4.78 is 24.7. The number of anilines is 1. The van der Waals surface area contributed by atoms with E-state index in [1.807, 2.05) is 0 Å². The van der Waals surface area contributed by atoms with Crippen LogP contribution in [-0.4, -0.2) is 96.0 Å². The molecule has 14 nitrogen and oxygen atoms in total. The van der Waals surface area contributed by atoms with Crippen LogP contribution in [0.4, 0.5) is 5.13 Å². The third-order valence-electron chi connectivity index (χ3n) is 4.60. The average molecular weight is 533 g/mol. The van der Waals surface area contributed by atoms with E-state index < -0.39 is 56.2 Å². The molecule has 1 saturated heterocycles. The van der Waals surface area contributed by atoms with E-state index in [0.717, 1.165) is 34.2 Å². The first-order chi connectivity index (χ1) is 16.1. The Balaban J connectivity index is 1.78. The van der Waals surface area contributed by atoms with Crippen molar-refractivity contribution in [2.24, 2.45) is 10.3 Å². The number of rotatable bonds is 10. The van der Waals surface area contributed by atoms with Crippen LogP contribution in [0.3, 0.4) is 0 Å². The molecule has 2 aliphatic rings. The molecule has 3 rings (SSSR count). The van der Waals surface area contributed by atoms with Gasteiger partial charge in [0.1, 0.15) is 37.0 Å².